The average Bonchev–Trinajstić information content (AvgIpc) is 3.04. The van der Waals surface area contributed by atoms with E-state index in [2.05, 4.69) is 5.32 Å². The first kappa shape index (κ1) is 20.0. The SMILES string of the molecule is O=C1NC(=O)/C(=C/c2ccc(OCC(O)C3CCCCCCCC3)cc2)S1. The molecule has 0 aromatic heterocycles. The number of hydrogen-bond donors (Lipinski definition) is 2. The normalized spacial score (nSPS) is 22.0. The summed E-state index contributed by atoms with van der Waals surface area (Å²) in [6.45, 7) is 0.303. The molecule has 1 saturated heterocycles. The number of imide groups is 1. The lowest BCUT2D eigenvalue weighted by molar-refractivity contribution is -0.115. The van der Waals surface area contributed by atoms with Crippen molar-refractivity contribution < 1.29 is 19.4 Å². The van der Waals surface area contributed by atoms with Gasteiger partial charge in [-0.15, -0.1) is 0 Å². The minimum Gasteiger partial charge on any atom is -0.491 e. The third kappa shape index (κ3) is 6.11. The van der Waals surface area contributed by atoms with Gasteiger partial charge in [0, 0.05) is 0 Å². The van der Waals surface area contributed by atoms with Crippen LogP contribution in [0.3, 0.4) is 0 Å². The van der Waals surface area contributed by atoms with Crippen LogP contribution in [-0.2, 0) is 4.79 Å². The highest BCUT2D eigenvalue weighted by Gasteiger charge is 2.25. The molecule has 2 amide bonds. The van der Waals surface area contributed by atoms with Gasteiger partial charge in [0.25, 0.3) is 11.1 Å². The van der Waals surface area contributed by atoms with Crippen molar-refractivity contribution in [2.24, 2.45) is 5.92 Å². The second kappa shape index (κ2) is 9.95. The first-order valence-electron chi connectivity index (χ1n) is 9.77. The van der Waals surface area contributed by atoms with E-state index < -0.39 is 6.10 Å². The molecule has 1 heterocycles. The summed E-state index contributed by atoms with van der Waals surface area (Å²) < 4.78 is 5.78. The third-order valence-electron chi connectivity index (χ3n) is 5.18. The zero-order valence-electron chi connectivity index (χ0n) is 15.5. The zero-order valence-corrected chi connectivity index (χ0v) is 16.3. The summed E-state index contributed by atoms with van der Waals surface area (Å²) in [5.74, 6) is 0.657. The lowest BCUT2D eigenvalue weighted by Gasteiger charge is -2.22. The lowest BCUT2D eigenvalue weighted by Crippen LogP contribution is -2.27. The molecule has 146 valence electrons. The predicted octanol–water partition coefficient (Wildman–Crippen LogP) is 4.50. The fourth-order valence-corrected chi connectivity index (χ4v) is 4.28. The van der Waals surface area contributed by atoms with Crippen molar-refractivity contribution in [1.29, 1.82) is 0 Å². The van der Waals surface area contributed by atoms with Crippen LogP contribution in [0.4, 0.5) is 4.79 Å². The number of rotatable bonds is 5. The second-order valence-electron chi connectivity index (χ2n) is 7.26. The van der Waals surface area contributed by atoms with Crippen LogP contribution in [0.5, 0.6) is 5.75 Å². The van der Waals surface area contributed by atoms with Crippen LogP contribution >= 0.6 is 11.8 Å². The molecule has 0 spiro atoms. The molecule has 1 aromatic rings. The molecule has 1 aliphatic carbocycles. The Morgan fingerprint density at radius 3 is 2.30 bits per heavy atom. The monoisotopic (exact) mass is 389 g/mol. The summed E-state index contributed by atoms with van der Waals surface area (Å²) in [7, 11) is 0. The van der Waals surface area contributed by atoms with Crippen LogP contribution < -0.4 is 10.1 Å². The summed E-state index contributed by atoms with van der Waals surface area (Å²) in [6.07, 6.45) is 11.0. The molecule has 0 bridgehead atoms. The van der Waals surface area contributed by atoms with Gasteiger partial charge in [-0.2, -0.15) is 0 Å². The van der Waals surface area contributed by atoms with Crippen molar-refractivity contribution in [3.8, 4) is 5.75 Å². The van der Waals surface area contributed by atoms with Gasteiger partial charge in [-0.1, -0.05) is 50.7 Å². The Morgan fingerprint density at radius 1 is 1.07 bits per heavy atom. The van der Waals surface area contributed by atoms with Crippen molar-refractivity contribution in [2.75, 3.05) is 6.61 Å². The number of ether oxygens (including phenoxy) is 1. The van der Waals surface area contributed by atoms with Crippen molar-refractivity contribution in [2.45, 2.75) is 57.5 Å². The number of carbonyl (C=O) groups is 2. The Bertz CT molecular complexity index is 676. The summed E-state index contributed by atoms with van der Waals surface area (Å²) in [4.78, 5) is 23.2. The number of aliphatic hydroxyl groups is 1. The van der Waals surface area contributed by atoms with Gasteiger partial charge in [-0.25, -0.2) is 0 Å². The maximum atomic E-state index is 11.6. The van der Waals surface area contributed by atoms with Crippen LogP contribution in [-0.4, -0.2) is 29.0 Å². The number of aliphatic hydroxyl groups excluding tert-OH is 1. The summed E-state index contributed by atoms with van der Waals surface area (Å²) in [5.41, 5.74) is 0.825. The van der Waals surface area contributed by atoms with Crippen molar-refractivity contribution >= 4 is 29.0 Å². The molecule has 0 radical (unpaired) electrons. The second-order valence-corrected chi connectivity index (χ2v) is 8.27. The fraction of sp³-hybridized carbons (Fsp3) is 0.524. The first-order valence-corrected chi connectivity index (χ1v) is 10.6. The first-order chi connectivity index (χ1) is 13.1. The molecule has 1 aromatic carbocycles. The molecular weight excluding hydrogens is 362 g/mol. The average molecular weight is 390 g/mol. The highest BCUT2D eigenvalue weighted by molar-refractivity contribution is 8.18. The van der Waals surface area contributed by atoms with Gasteiger partial charge < -0.3 is 9.84 Å². The Kier molecular flexibility index (Phi) is 7.35. The van der Waals surface area contributed by atoms with Gasteiger partial charge in [0.2, 0.25) is 0 Å². The molecule has 1 aliphatic heterocycles. The number of benzene rings is 1. The zero-order chi connectivity index (χ0) is 19.1. The molecule has 5 nitrogen and oxygen atoms in total. The molecule has 1 saturated carbocycles. The lowest BCUT2D eigenvalue weighted by atomic mass is 9.92. The Hall–Kier alpha value is -1.79. The van der Waals surface area contributed by atoms with Crippen molar-refractivity contribution in [3.05, 3.63) is 34.7 Å². The van der Waals surface area contributed by atoms with E-state index in [1.165, 1.54) is 38.5 Å². The maximum Gasteiger partial charge on any atom is 0.290 e. The van der Waals surface area contributed by atoms with Crippen LogP contribution in [0.2, 0.25) is 0 Å². The predicted molar refractivity (Wildman–Crippen MR) is 107 cm³/mol. The standard InChI is InChI=1S/C21H27NO4S/c23-18(16-7-5-3-1-2-4-6-8-16)14-26-17-11-9-15(10-12-17)13-19-20(24)22-21(25)27-19/h9-13,16,18,23H,1-8,14H2,(H,22,24,25)/b19-13-. The van der Waals surface area contributed by atoms with E-state index in [0.717, 1.165) is 30.2 Å². The number of amides is 2. The van der Waals surface area contributed by atoms with Gasteiger partial charge in [-0.3, -0.25) is 14.9 Å². The molecule has 2 N–H and O–H groups in total. The molecular formula is C21H27NO4S. The molecule has 27 heavy (non-hydrogen) atoms. The summed E-state index contributed by atoms with van der Waals surface area (Å²) in [5, 5.41) is 12.4. The topological polar surface area (TPSA) is 75.6 Å². The molecule has 6 heteroatoms. The van der Waals surface area contributed by atoms with E-state index in [4.69, 9.17) is 4.74 Å². The molecule has 1 unspecified atom stereocenters. The van der Waals surface area contributed by atoms with Crippen LogP contribution in [0, 0.1) is 5.92 Å². The summed E-state index contributed by atoms with van der Waals surface area (Å²) in [6, 6.07) is 7.32. The molecule has 2 fully saturated rings. The number of carbonyl (C=O) groups excluding carboxylic acids is 2. The van der Waals surface area contributed by atoms with Gasteiger partial charge >= 0.3 is 0 Å². The quantitative estimate of drug-likeness (QED) is 0.725. The van der Waals surface area contributed by atoms with Crippen LogP contribution in [0.25, 0.3) is 6.08 Å². The van der Waals surface area contributed by atoms with Crippen LogP contribution in [0.1, 0.15) is 56.9 Å². The van der Waals surface area contributed by atoms with Gasteiger partial charge in [-0.05, 0) is 54.3 Å². The van der Waals surface area contributed by atoms with E-state index in [9.17, 15) is 14.7 Å². The largest absolute Gasteiger partial charge is 0.491 e. The molecule has 3 rings (SSSR count). The Balaban J connectivity index is 1.51. The van der Waals surface area contributed by atoms with E-state index in [1.807, 2.05) is 24.3 Å². The molecule has 2 aliphatic rings. The van der Waals surface area contributed by atoms with E-state index in [1.54, 1.807) is 6.08 Å². The fourth-order valence-electron chi connectivity index (χ4n) is 3.60. The summed E-state index contributed by atoms with van der Waals surface area (Å²) >= 11 is 0.905. The van der Waals surface area contributed by atoms with E-state index in [-0.39, 0.29) is 11.1 Å². The highest BCUT2D eigenvalue weighted by atomic mass is 32.2. The van der Waals surface area contributed by atoms with Crippen molar-refractivity contribution in [3.63, 3.8) is 0 Å². The third-order valence-corrected chi connectivity index (χ3v) is 6.00. The number of hydrogen-bond acceptors (Lipinski definition) is 5. The van der Waals surface area contributed by atoms with E-state index >= 15 is 0 Å². The molecule has 1 atom stereocenters. The Morgan fingerprint density at radius 2 is 1.70 bits per heavy atom. The number of thioether (sulfide) groups is 1. The minimum absolute atomic E-state index is 0.303. The van der Waals surface area contributed by atoms with Gasteiger partial charge in [0.1, 0.15) is 12.4 Å². The number of nitrogens with one attached hydrogen (secondary N) is 1. The van der Waals surface area contributed by atoms with Crippen LogP contribution in [0.15, 0.2) is 29.2 Å². The van der Waals surface area contributed by atoms with Gasteiger partial charge in [0.05, 0.1) is 11.0 Å². The van der Waals surface area contributed by atoms with Gasteiger partial charge in [0.15, 0.2) is 0 Å². The Labute approximate surface area is 164 Å². The minimum atomic E-state index is -0.436. The maximum absolute atomic E-state index is 11.6. The smallest absolute Gasteiger partial charge is 0.290 e. The van der Waals surface area contributed by atoms with Crippen molar-refractivity contribution in [1.82, 2.24) is 5.32 Å². The highest BCUT2D eigenvalue weighted by Crippen LogP contribution is 2.27. The van der Waals surface area contributed by atoms with E-state index in [0.29, 0.717) is 23.2 Å².